The molecule has 9 heteroatoms. The fourth-order valence-corrected chi connectivity index (χ4v) is 1.73. The molecule has 0 fully saturated rings. The minimum absolute atomic E-state index is 0.0528. The molecule has 0 aliphatic heterocycles. The molecule has 24 heavy (non-hydrogen) atoms. The van der Waals surface area contributed by atoms with E-state index in [1.165, 1.54) is 0 Å². The Balaban J connectivity index is 2.94. The highest BCUT2D eigenvalue weighted by Gasteiger charge is 2.33. The summed E-state index contributed by atoms with van der Waals surface area (Å²) in [5.74, 6) is -0.317. The third-order valence-corrected chi connectivity index (χ3v) is 2.53. The van der Waals surface area contributed by atoms with Gasteiger partial charge < -0.3 is 5.32 Å². The zero-order valence-corrected chi connectivity index (χ0v) is 14.7. The van der Waals surface area contributed by atoms with Crippen LogP contribution in [0.5, 0.6) is 0 Å². The number of nitrogens with one attached hydrogen (secondary N) is 3. The number of rotatable bonds is 2. The predicted octanol–water partition coefficient (Wildman–Crippen LogP) is 3.55. The predicted molar refractivity (Wildman–Crippen MR) is 86.6 cm³/mol. The van der Waals surface area contributed by atoms with E-state index in [0.29, 0.717) is 0 Å². The quantitative estimate of drug-likeness (QED) is 0.565. The number of aromatic nitrogens is 2. The minimum atomic E-state index is -4.52. The average Bonchev–Trinajstić information content (AvgIpc) is 2.71. The van der Waals surface area contributed by atoms with Crippen molar-refractivity contribution in [3.8, 4) is 0 Å². The van der Waals surface area contributed by atoms with Gasteiger partial charge in [-0.05, 0) is 26.2 Å². The summed E-state index contributed by atoms with van der Waals surface area (Å²) in [7, 11) is 0. The van der Waals surface area contributed by atoms with E-state index in [0.717, 1.165) is 6.07 Å². The number of aromatic amines is 1. The van der Waals surface area contributed by atoms with Gasteiger partial charge in [-0.2, -0.15) is 18.3 Å². The van der Waals surface area contributed by atoms with Crippen molar-refractivity contribution in [2.75, 3.05) is 5.32 Å². The zero-order chi connectivity index (χ0) is 18.8. The lowest BCUT2D eigenvalue weighted by molar-refractivity contribution is -0.141. The average molecular weight is 347 g/mol. The maximum atomic E-state index is 12.6. The zero-order valence-electron chi connectivity index (χ0n) is 14.7. The molecule has 0 atom stereocenters. The van der Waals surface area contributed by atoms with Crippen LogP contribution in [0.15, 0.2) is 11.1 Å². The number of halogens is 3. The van der Waals surface area contributed by atoms with Crippen molar-refractivity contribution < 1.29 is 18.0 Å². The van der Waals surface area contributed by atoms with Crippen LogP contribution in [0.25, 0.3) is 0 Å². The molecule has 1 aromatic heterocycles. The van der Waals surface area contributed by atoms with Crippen molar-refractivity contribution in [2.24, 2.45) is 10.4 Å². The van der Waals surface area contributed by atoms with Crippen LogP contribution < -0.4 is 10.6 Å². The molecule has 1 amide bonds. The Hall–Kier alpha value is -2.06. The molecule has 0 spiro atoms. The molecule has 1 heterocycles. The van der Waals surface area contributed by atoms with E-state index in [4.69, 9.17) is 0 Å². The summed E-state index contributed by atoms with van der Waals surface area (Å²) in [6, 6.07) is 0.814. The highest BCUT2D eigenvalue weighted by molar-refractivity contribution is 6.04. The topological polar surface area (TPSA) is 82.2 Å². The van der Waals surface area contributed by atoms with E-state index in [9.17, 15) is 18.0 Å². The fraction of sp³-hybridized carbons (Fsp3) is 0.667. The SMILES string of the molecule is CC(C)(C)CC(=O)NC(=NC(C)(C)C)Nc1cc(C(F)(F)F)[nH]n1. The number of alkyl halides is 3. The molecule has 6 nitrogen and oxygen atoms in total. The summed E-state index contributed by atoms with van der Waals surface area (Å²) in [6.07, 6.45) is -4.28. The maximum Gasteiger partial charge on any atom is 0.432 e. The van der Waals surface area contributed by atoms with Gasteiger partial charge in [0.15, 0.2) is 5.82 Å². The second kappa shape index (κ2) is 6.82. The summed E-state index contributed by atoms with van der Waals surface area (Å²) in [4.78, 5) is 16.4. The van der Waals surface area contributed by atoms with Crippen LogP contribution in [0.4, 0.5) is 19.0 Å². The van der Waals surface area contributed by atoms with Crippen molar-refractivity contribution in [3.63, 3.8) is 0 Å². The van der Waals surface area contributed by atoms with Gasteiger partial charge in [0.05, 0.1) is 5.54 Å². The Kier molecular flexibility index (Phi) is 5.68. The Morgan fingerprint density at radius 3 is 2.21 bits per heavy atom. The van der Waals surface area contributed by atoms with Gasteiger partial charge in [0.25, 0.3) is 0 Å². The standard InChI is InChI=1S/C15H24F3N5O/c1-13(2,3)8-11(24)20-12(21-14(4,5)6)19-10-7-9(22-23-10)15(16,17)18/h7H,8H2,1-6H3,(H3,19,20,21,22,23,24). The number of carbonyl (C=O) groups is 1. The molecule has 0 radical (unpaired) electrons. The first kappa shape index (κ1) is 20.0. The van der Waals surface area contributed by atoms with Gasteiger partial charge in [-0.1, -0.05) is 20.8 Å². The van der Waals surface area contributed by atoms with Crippen molar-refractivity contribution in [1.82, 2.24) is 15.5 Å². The van der Waals surface area contributed by atoms with Gasteiger partial charge in [0.2, 0.25) is 11.9 Å². The number of aliphatic imine (C=N–C) groups is 1. The molecular weight excluding hydrogens is 323 g/mol. The lowest BCUT2D eigenvalue weighted by Gasteiger charge is -2.20. The summed E-state index contributed by atoms with van der Waals surface area (Å²) < 4.78 is 37.8. The maximum absolute atomic E-state index is 12.6. The summed E-state index contributed by atoms with van der Waals surface area (Å²) in [5.41, 5.74) is -1.76. The Labute approximate surface area is 139 Å². The number of H-pyrrole nitrogens is 1. The molecule has 136 valence electrons. The number of anilines is 1. The third kappa shape index (κ3) is 7.47. The van der Waals surface area contributed by atoms with E-state index >= 15 is 0 Å². The van der Waals surface area contributed by atoms with Gasteiger partial charge in [0, 0.05) is 12.5 Å². The second-order valence-electron chi connectivity index (χ2n) is 7.71. The molecule has 0 saturated carbocycles. The van der Waals surface area contributed by atoms with Crippen molar-refractivity contribution >= 4 is 17.7 Å². The summed E-state index contributed by atoms with van der Waals surface area (Å²) >= 11 is 0. The lowest BCUT2D eigenvalue weighted by Crippen LogP contribution is -2.39. The van der Waals surface area contributed by atoms with E-state index in [-0.39, 0.29) is 29.5 Å². The number of hydrogen-bond acceptors (Lipinski definition) is 3. The van der Waals surface area contributed by atoms with E-state index in [2.05, 4.69) is 20.7 Å². The Morgan fingerprint density at radius 2 is 1.79 bits per heavy atom. The minimum Gasteiger partial charge on any atom is -0.309 e. The van der Waals surface area contributed by atoms with Crippen LogP contribution in [-0.2, 0) is 11.0 Å². The Bertz CT molecular complexity index is 606. The number of nitrogens with zero attached hydrogens (tertiary/aromatic N) is 2. The molecule has 0 unspecified atom stereocenters. The third-order valence-electron chi connectivity index (χ3n) is 2.53. The monoisotopic (exact) mass is 347 g/mol. The lowest BCUT2D eigenvalue weighted by atomic mass is 9.92. The summed E-state index contributed by atoms with van der Waals surface area (Å²) in [6.45, 7) is 11.1. The molecule has 1 rings (SSSR count). The van der Waals surface area contributed by atoms with Crippen LogP contribution in [-0.4, -0.2) is 27.6 Å². The molecule has 0 bridgehead atoms. The second-order valence-corrected chi connectivity index (χ2v) is 7.71. The van der Waals surface area contributed by atoms with Gasteiger partial charge in [-0.25, -0.2) is 4.99 Å². The molecule has 3 N–H and O–H groups in total. The highest BCUT2D eigenvalue weighted by atomic mass is 19.4. The van der Waals surface area contributed by atoms with Crippen LogP contribution in [0.2, 0.25) is 0 Å². The first-order valence-electron chi connectivity index (χ1n) is 7.45. The first-order valence-corrected chi connectivity index (χ1v) is 7.45. The largest absolute Gasteiger partial charge is 0.432 e. The molecule has 0 saturated heterocycles. The number of hydrogen-bond donors (Lipinski definition) is 3. The molecule has 1 aromatic rings. The van der Waals surface area contributed by atoms with Gasteiger partial charge in [-0.15, -0.1) is 0 Å². The van der Waals surface area contributed by atoms with Crippen LogP contribution in [0, 0.1) is 5.41 Å². The smallest absolute Gasteiger partial charge is 0.309 e. The van der Waals surface area contributed by atoms with E-state index in [1.54, 1.807) is 20.8 Å². The van der Waals surface area contributed by atoms with E-state index in [1.807, 2.05) is 25.9 Å². The van der Waals surface area contributed by atoms with Crippen LogP contribution in [0.3, 0.4) is 0 Å². The first-order chi connectivity index (χ1) is 10.7. The molecule has 0 aliphatic rings. The number of amides is 1. The van der Waals surface area contributed by atoms with Crippen LogP contribution in [0.1, 0.15) is 53.7 Å². The molecule has 0 aromatic carbocycles. The highest BCUT2D eigenvalue weighted by Crippen LogP contribution is 2.28. The van der Waals surface area contributed by atoms with Crippen molar-refractivity contribution in [2.45, 2.75) is 59.7 Å². The van der Waals surface area contributed by atoms with Gasteiger partial charge in [-0.3, -0.25) is 15.2 Å². The normalized spacial score (nSPS) is 13.8. The number of carbonyl (C=O) groups excluding carboxylic acids is 1. The van der Waals surface area contributed by atoms with Gasteiger partial charge >= 0.3 is 6.18 Å². The molecule has 0 aliphatic carbocycles. The fourth-order valence-electron chi connectivity index (χ4n) is 1.73. The summed E-state index contributed by atoms with van der Waals surface area (Å²) in [5, 5.41) is 10.7. The van der Waals surface area contributed by atoms with Crippen LogP contribution >= 0.6 is 0 Å². The number of guanidine groups is 1. The Morgan fingerprint density at radius 1 is 1.21 bits per heavy atom. The van der Waals surface area contributed by atoms with Gasteiger partial charge in [0.1, 0.15) is 5.69 Å². The molecular formula is C15H24F3N5O. The van der Waals surface area contributed by atoms with Crippen molar-refractivity contribution in [1.29, 1.82) is 0 Å². The van der Waals surface area contributed by atoms with E-state index < -0.39 is 17.4 Å². The van der Waals surface area contributed by atoms with Crippen molar-refractivity contribution in [3.05, 3.63) is 11.8 Å².